The second-order valence-electron chi connectivity index (χ2n) is 9.59. The van der Waals surface area contributed by atoms with Gasteiger partial charge in [0, 0.05) is 31.3 Å². The lowest BCUT2D eigenvalue weighted by atomic mass is 9.66. The Hall–Kier alpha value is -1.87. The van der Waals surface area contributed by atoms with Crippen LogP contribution >= 0.6 is 0 Å². The molecule has 3 heteroatoms. The van der Waals surface area contributed by atoms with Crippen LogP contribution in [0.1, 0.15) is 69.6 Å². The molecule has 2 unspecified atom stereocenters. The van der Waals surface area contributed by atoms with E-state index in [9.17, 15) is 0 Å². The summed E-state index contributed by atoms with van der Waals surface area (Å²) in [4.78, 5) is 6.86. The van der Waals surface area contributed by atoms with Gasteiger partial charge in [0.25, 0.3) is 0 Å². The van der Waals surface area contributed by atoms with Crippen LogP contribution in [-0.4, -0.2) is 30.1 Å². The van der Waals surface area contributed by atoms with E-state index in [0.717, 1.165) is 19.6 Å². The molecule has 1 aliphatic heterocycles. The molecule has 0 amide bonds. The lowest BCUT2D eigenvalue weighted by Crippen LogP contribution is -2.43. The molecule has 1 fully saturated rings. The van der Waals surface area contributed by atoms with Crippen molar-refractivity contribution in [1.29, 1.82) is 0 Å². The molecule has 2 aromatic rings. The summed E-state index contributed by atoms with van der Waals surface area (Å²) in [7, 11) is 1.68. The number of nitrogens with zero attached hydrogens (tertiary/aromatic N) is 2. The predicted octanol–water partition coefficient (Wildman–Crippen LogP) is 5.87. The molecule has 3 rings (SSSR count). The monoisotopic (exact) mass is 380 g/mol. The Kier molecular flexibility index (Phi) is 6.44. The number of aromatic nitrogens is 1. The Bertz CT molecular complexity index is 778. The van der Waals surface area contributed by atoms with Gasteiger partial charge < -0.3 is 4.74 Å². The highest BCUT2D eigenvalue weighted by molar-refractivity contribution is 5.34. The average Bonchev–Trinajstić information content (AvgIpc) is 2.67. The van der Waals surface area contributed by atoms with Crippen molar-refractivity contribution in [3.05, 3.63) is 59.3 Å². The molecular weight excluding hydrogens is 344 g/mol. The van der Waals surface area contributed by atoms with E-state index in [1.807, 2.05) is 6.20 Å². The summed E-state index contributed by atoms with van der Waals surface area (Å²) in [6.45, 7) is 15.1. The van der Waals surface area contributed by atoms with E-state index in [1.54, 1.807) is 12.7 Å². The molecule has 152 valence electrons. The second-order valence-corrected chi connectivity index (χ2v) is 9.59. The van der Waals surface area contributed by atoms with Crippen LogP contribution in [0.4, 0.5) is 0 Å². The maximum Gasteiger partial charge on any atom is 0.213 e. The second kappa shape index (κ2) is 8.65. The standard InChI is InChI=1S/C25H36N2O/c1-18(2)20-9-7-8-10-21(20)22-17-27(14-12-23(22)25(3,4)5)16-19-11-13-26-24(15-19)28-6/h7-11,13,15,18,22-23H,12,14,16-17H2,1-6H3. The maximum absolute atomic E-state index is 5.31. The molecule has 2 heterocycles. The van der Waals surface area contributed by atoms with Crippen LogP contribution in [0.5, 0.6) is 5.88 Å². The quantitative estimate of drug-likeness (QED) is 0.649. The first-order valence-electron chi connectivity index (χ1n) is 10.6. The minimum atomic E-state index is 0.306. The van der Waals surface area contributed by atoms with E-state index >= 15 is 0 Å². The van der Waals surface area contributed by atoms with Crippen molar-refractivity contribution in [3.8, 4) is 5.88 Å². The summed E-state index contributed by atoms with van der Waals surface area (Å²) in [5.41, 5.74) is 4.64. The Labute approximate surface area is 171 Å². The van der Waals surface area contributed by atoms with Gasteiger partial charge >= 0.3 is 0 Å². The first-order chi connectivity index (χ1) is 13.3. The number of methoxy groups -OCH3 is 1. The number of hydrogen-bond donors (Lipinski definition) is 0. The van der Waals surface area contributed by atoms with E-state index in [2.05, 4.69) is 80.9 Å². The normalized spacial score (nSPS) is 21.1. The van der Waals surface area contributed by atoms with Crippen LogP contribution in [-0.2, 0) is 6.54 Å². The summed E-state index contributed by atoms with van der Waals surface area (Å²) >= 11 is 0. The number of likely N-dealkylation sites (tertiary alicyclic amines) is 1. The molecule has 1 aliphatic rings. The van der Waals surface area contributed by atoms with E-state index in [0.29, 0.717) is 29.0 Å². The minimum absolute atomic E-state index is 0.306. The summed E-state index contributed by atoms with van der Waals surface area (Å²) in [6, 6.07) is 13.3. The highest BCUT2D eigenvalue weighted by Gasteiger charge is 2.38. The molecular formula is C25H36N2O. The Morgan fingerprint density at radius 1 is 1.18 bits per heavy atom. The van der Waals surface area contributed by atoms with Crippen molar-refractivity contribution < 1.29 is 4.74 Å². The van der Waals surface area contributed by atoms with E-state index in [1.165, 1.54) is 17.5 Å². The Morgan fingerprint density at radius 3 is 2.61 bits per heavy atom. The molecule has 28 heavy (non-hydrogen) atoms. The van der Waals surface area contributed by atoms with Gasteiger partial charge in [-0.15, -0.1) is 0 Å². The first kappa shape index (κ1) is 20.9. The minimum Gasteiger partial charge on any atom is -0.481 e. The van der Waals surface area contributed by atoms with Crippen LogP contribution < -0.4 is 4.74 Å². The number of piperidine rings is 1. The zero-order valence-corrected chi connectivity index (χ0v) is 18.4. The lowest BCUT2D eigenvalue weighted by molar-refractivity contribution is 0.0827. The van der Waals surface area contributed by atoms with Crippen molar-refractivity contribution >= 4 is 0 Å². The molecule has 0 saturated carbocycles. The summed E-state index contributed by atoms with van der Waals surface area (Å²) in [5.74, 6) is 2.51. The molecule has 1 saturated heterocycles. The van der Waals surface area contributed by atoms with E-state index in [-0.39, 0.29) is 0 Å². The number of pyridine rings is 1. The molecule has 2 atom stereocenters. The average molecular weight is 381 g/mol. The molecule has 0 N–H and O–H groups in total. The SMILES string of the molecule is COc1cc(CN2CCC(C(C)(C)C)C(c3ccccc3C(C)C)C2)ccn1. The Balaban J connectivity index is 1.88. The lowest BCUT2D eigenvalue weighted by Gasteiger charge is -2.45. The third-order valence-corrected chi connectivity index (χ3v) is 6.24. The summed E-state index contributed by atoms with van der Waals surface area (Å²) in [6.07, 6.45) is 3.09. The maximum atomic E-state index is 5.31. The van der Waals surface area contributed by atoms with Gasteiger partial charge in [-0.1, -0.05) is 58.9 Å². The van der Waals surface area contributed by atoms with Crippen molar-refractivity contribution in [1.82, 2.24) is 9.88 Å². The zero-order valence-electron chi connectivity index (χ0n) is 18.4. The molecule has 1 aromatic heterocycles. The fourth-order valence-corrected chi connectivity index (χ4v) is 4.81. The predicted molar refractivity (Wildman–Crippen MR) is 117 cm³/mol. The molecule has 1 aromatic carbocycles. The first-order valence-corrected chi connectivity index (χ1v) is 10.6. The number of hydrogen-bond acceptors (Lipinski definition) is 3. The fourth-order valence-electron chi connectivity index (χ4n) is 4.81. The van der Waals surface area contributed by atoms with Crippen LogP contribution in [0.3, 0.4) is 0 Å². The topological polar surface area (TPSA) is 25.4 Å². The highest BCUT2D eigenvalue weighted by atomic mass is 16.5. The fraction of sp³-hybridized carbons (Fsp3) is 0.560. The Morgan fingerprint density at radius 2 is 1.93 bits per heavy atom. The third-order valence-electron chi connectivity index (χ3n) is 6.24. The van der Waals surface area contributed by atoms with Gasteiger partial charge in [0.15, 0.2) is 0 Å². The van der Waals surface area contributed by atoms with Crippen molar-refractivity contribution in [3.63, 3.8) is 0 Å². The summed E-state index contributed by atoms with van der Waals surface area (Å²) in [5, 5.41) is 0. The number of rotatable bonds is 5. The van der Waals surface area contributed by atoms with E-state index < -0.39 is 0 Å². The highest BCUT2D eigenvalue weighted by Crippen LogP contribution is 2.45. The molecule has 3 nitrogen and oxygen atoms in total. The smallest absolute Gasteiger partial charge is 0.213 e. The van der Waals surface area contributed by atoms with Crippen molar-refractivity contribution in [2.45, 2.75) is 59.4 Å². The van der Waals surface area contributed by atoms with Gasteiger partial charge in [-0.05, 0) is 53.0 Å². The molecule has 0 radical (unpaired) electrons. The van der Waals surface area contributed by atoms with Crippen LogP contribution in [0.2, 0.25) is 0 Å². The van der Waals surface area contributed by atoms with Gasteiger partial charge in [-0.2, -0.15) is 0 Å². The number of ether oxygens (including phenoxy) is 1. The van der Waals surface area contributed by atoms with Gasteiger partial charge in [-0.25, -0.2) is 4.98 Å². The van der Waals surface area contributed by atoms with Crippen LogP contribution in [0.15, 0.2) is 42.6 Å². The summed E-state index contributed by atoms with van der Waals surface area (Å²) < 4.78 is 5.31. The van der Waals surface area contributed by atoms with Crippen molar-refractivity contribution in [2.24, 2.45) is 11.3 Å². The van der Waals surface area contributed by atoms with Gasteiger partial charge in [0.2, 0.25) is 5.88 Å². The molecule has 0 bridgehead atoms. The zero-order chi connectivity index (χ0) is 20.3. The molecule has 0 aliphatic carbocycles. The van der Waals surface area contributed by atoms with Gasteiger partial charge in [0.05, 0.1) is 7.11 Å². The van der Waals surface area contributed by atoms with Gasteiger partial charge in [-0.3, -0.25) is 4.90 Å². The molecule has 0 spiro atoms. The number of benzene rings is 1. The van der Waals surface area contributed by atoms with Crippen LogP contribution in [0, 0.1) is 11.3 Å². The van der Waals surface area contributed by atoms with E-state index in [4.69, 9.17) is 4.74 Å². The van der Waals surface area contributed by atoms with Crippen LogP contribution in [0.25, 0.3) is 0 Å². The van der Waals surface area contributed by atoms with Gasteiger partial charge in [0.1, 0.15) is 0 Å². The third kappa shape index (κ3) is 4.75. The van der Waals surface area contributed by atoms with Crippen molar-refractivity contribution in [2.75, 3.05) is 20.2 Å². The largest absolute Gasteiger partial charge is 0.481 e.